The SMILES string of the molecule is COC(=O)C(=N)c1cc(C2CC2)ccc1NCC(=O)O. The summed E-state index contributed by atoms with van der Waals surface area (Å²) in [6.07, 6.45) is 2.21. The van der Waals surface area contributed by atoms with Crippen LogP contribution >= 0.6 is 0 Å². The summed E-state index contributed by atoms with van der Waals surface area (Å²) in [7, 11) is 1.21. The van der Waals surface area contributed by atoms with E-state index < -0.39 is 11.9 Å². The maximum absolute atomic E-state index is 11.5. The maximum atomic E-state index is 11.5. The molecule has 1 fully saturated rings. The first-order chi connectivity index (χ1) is 9.52. The van der Waals surface area contributed by atoms with Gasteiger partial charge in [0.2, 0.25) is 0 Å². The van der Waals surface area contributed by atoms with Crippen molar-refractivity contribution in [1.29, 1.82) is 5.41 Å². The predicted octanol–water partition coefficient (Wildman–Crippen LogP) is 1.60. The fourth-order valence-electron chi connectivity index (χ4n) is 1.98. The zero-order valence-electron chi connectivity index (χ0n) is 11.1. The summed E-state index contributed by atoms with van der Waals surface area (Å²) in [5, 5.41) is 19.3. The lowest BCUT2D eigenvalue weighted by atomic mass is 10.0. The smallest absolute Gasteiger partial charge is 0.356 e. The van der Waals surface area contributed by atoms with E-state index in [0.29, 0.717) is 17.2 Å². The Kier molecular flexibility index (Phi) is 4.02. The van der Waals surface area contributed by atoms with E-state index in [1.807, 2.05) is 6.07 Å². The molecule has 3 N–H and O–H groups in total. The monoisotopic (exact) mass is 276 g/mol. The van der Waals surface area contributed by atoms with Crippen LogP contribution in [-0.2, 0) is 14.3 Å². The van der Waals surface area contributed by atoms with Crippen molar-refractivity contribution in [2.75, 3.05) is 19.0 Å². The van der Waals surface area contributed by atoms with E-state index in [2.05, 4.69) is 10.1 Å². The number of ether oxygens (including phenoxy) is 1. The maximum Gasteiger partial charge on any atom is 0.356 e. The van der Waals surface area contributed by atoms with E-state index in [0.717, 1.165) is 18.4 Å². The molecule has 0 aromatic heterocycles. The highest BCUT2D eigenvalue weighted by Gasteiger charge is 2.26. The third kappa shape index (κ3) is 3.14. The molecule has 0 saturated heterocycles. The Balaban J connectivity index is 2.31. The Bertz CT molecular complexity index is 564. The molecule has 1 aromatic carbocycles. The van der Waals surface area contributed by atoms with Gasteiger partial charge in [-0.1, -0.05) is 6.07 Å². The first kappa shape index (κ1) is 14.0. The van der Waals surface area contributed by atoms with Gasteiger partial charge in [0.1, 0.15) is 12.3 Å². The Labute approximate surface area is 116 Å². The minimum atomic E-state index is -1.01. The van der Waals surface area contributed by atoms with Gasteiger partial charge < -0.3 is 15.2 Å². The number of nitrogens with one attached hydrogen (secondary N) is 2. The molecule has 0 spiro atoms. The molecule has 1 aliphatic rings. The van der Waals surface area contributed by atoms with E-state index in [9.17, 15) is 9.59 Å². The van der Waals surface area contributed by atoms with Gasteiger partial charge in [-0.15, -0.1) is 0 Å². The number of anilines is 1. The Morgan fingerprint density at radius 3 is 2.70 bits per heavy atom. The molecule has 2 rings (SSSR count). The summed E-state index contributed by atoms with van der Waals surface area (Å²) in [4.78, 5) is 22.1. The molecule has 0 atom stereocenters. The topological polar surface area (TPSA) is 99.5 Å². The van der Waals surface area contributed by atoms with Crippen molar-refractivity contribution >= 4 is 23.3 Å². The number of carbonyl (C=O) groups excluding carboxylic acids is 1. The van der Waals surface area contributed by atoms with Gasteiger partial charge in [-0.2, -0.15) is 0 Å². The number of carboxylic acids is 1. The zero-order chi connectivity index (χ0) is 14.7. The molecule has 0 unspecified atom stereocenters. The van der Waals surface area contributed by atoms with Gasteiger partial charge in [0.15, 0.2) is 0 Å². The van der Waals surface area contributed by atoms with Gasteiger partial charge in [-0.3, -0.25) is 10.2 Å². The number of carbonyl (C=O) groups is 2. The van der Waals surface area contributed by atoms with Crippen LogP contribution in [-0.4, -0.2) is 36.4 Å². The first-order valence-electron chi connectivity index (χ1n) is 6.29. The quantitative estimate of drug-likeness (QED) is 0.541. The van der Waals surface area contributed by atoms with Crippen LogP contribution in [0.3, 0.4) is 0 Å². The van der Waals surface area contributed by atoms with E-state index in [-0.39, 0.29) is 12.3 Å². The first-order valence-corrected chi connectivity index (χ1v) is 6.29. The van der Waals surface area contributed by atoms with Crippen LogP contribution in [0.25, 0.3) is 0 Å². The molecule has 1 aromatic rings. The third-order valence-electron chi connectivity index (χ3n) is 3.18. The molecule has 0 aliphatic heterocycles. The van der Waals surface area contributed by atoms with Gasteiger partial charge in [-0.05, 0) is 36.5 Å². The molecular weight excluding hydrogens is 260 g/mol. The Hall–Kier alpha value is -2.37. The number of esters is 1. The van der Waals surface area contributed by atoms with Gasteiger partial charge in [0.05, 0.1) is 7.11 Å². The molecule has 1 saturated carbocycles. The number of benzene rings is 1. The van der Waals surface area contributed by atoms with Crippen molar-refractivity contribution in [3.8, 4) is 0 Å². The molecule has 0 radical (unpaired) electrons. The molecular formula is C14H16N2O4. The molecule has 0 amide bonds. The highest BCUT2D eigenvalue weighted by Crippen LogP contribution is 2.41. The second-order valence-electron chi connectivity index (χ2n) is 4.69. The average Bonchev–Trinajstić information content (AvgIpc) is 3.27. The molecule has 0 bridgehead atoms. The van der Waals surface area contributed by atoms with Crippen LogP contribution < -0.4 is 5.32 Å². The van der Waals surface area contributed by atoms with Crippen molar-refractivity contribution in [2.45, 2.75) is 18.8 Å². The lowest BCUT2D eigenvalue weighted by Crippen LogP contribution is -2.20. The van der Waals surface area contributed by atoms with Gasteiger partial charge in [0.25, 0.3) is 0 Å². The molecule has 20 heavy (non-hydrogen) atoms. The normalized spacial score (nSPS) is 13.7. The summed E-state index contributed by atoms with van der Waals surface area (Å²) in [5.41, 5.74) is 1.62. The highest BCUT2D eigenvalue weighted by molar-refractivity contribution is 6.43. The van der Waals surface area contributed by atoms with Crippen LogP contribution in [0.5, 0.6) is 0 Å². The van der Waals surface area contributed by atoms with E-state index >= 15 is 0 Å². The van der Waals surface area contributed by atoms with Crippen LogP contribution in [0.2, 0.25) is 0 Å². The Morgan fingerprint density at radius 1 is 1.45 bits per heavy atom. The van der Waals surface area contributed by atoms with E-state index in [1.54, 1.807) is 12.1 Å². The van der Waals surface area contributed by atoms with Gasteiger partial charge in [0, 0.05) is 11.3 Å². The summed E-state index contributed by atoms with van der Waals surface area (Å²) in [6, 6.07) is 5.38. The van der Waals surface area contributed by atoms with Crippen molar-refractivity contribution in [2.24, 2.45) is 0 Å². The van der Waals surface area contributed by atoms with Crippen molar-refractivity contribution in [1.82, 2.24) is 0 Å². The summed E-state index contributed by atoms with van der Waals surface area (Å²) < 4.78 is 4.56. The van der Waals surface area contributed by atoms with Crippen LogP contribution in [0.4, 0.5) is 5.69 Å². The summed E-state index contributed by atoms with van der Waals surface area (Å²) in [6.45, 7) is -0.274. The van der Waals surface area contributed by atoms with Crippen LogP contribution in [0.15, 0.2) is 18.2 Å². The molecule has 106 valence electrons. The van der Waals surface area contributed by atoms with Crippen molar-refractivity contribution < 1.29 is 19.4 Å². The van der Waals surface area contributed by atoms with Crippen LogP contribution in [0.1, 0.15) is 29.9 Å². The largest absolute Gasteiger partial charge is 0.480 e. The highest BCUT2D eigenvalue weighted by atomic mass is 16.5. The predicted molar refractivity (Wildman–Crippen MR) is 73.4 cm³/mol. The standard InChI is InChI=1S/C14H16N2O4/c1-20-14(19)13(15)10-6-9(8-2-3-8)4-5-11(10)16-7-12(17)18/h4-6,8,15-16H,2-3,7H2,1H3,(H,17,18). The third-order valence-corrected chi connectivity index (χ3v) is 3.18. The second kappa shape index (κ2) is 5.73. The number of hydrogen-bond acceptors (Lipinski definition) is 5. The minimum Gasteiger partial charge on any atom is -0.480 e. The fraction of sp³-hybridized carbons (Fsp3) is 0.357. The lowest BCUT2D eigenvalue weighted by Gasteiger charge is -2.12. The zero-order valence-corrected chi connectivity index (χ0v) is 11.1. The molecule has 6 heteroatoms. The van der Waals surface area contributed by atoms with Gasteiger partial charge in [-0.25, -0.2) is 4.79 Å². The summed E-state index contributed by atoms with van der Waals surface area (Å²) >= 11 is 0. The number of carboxylic acid groups (broad SMARTS) is 1. The minimum absolute atomic E-state index is 0.274. The van der Waals surface area contributed by atoms with Crippen molar-refractivity contribution in [3.63, 3.8) is 0 Å². The lowest BCUT2D eigenvalue weighted by molar-refractivity contribution is -0.135. The fourth-order valence-corrected chi connectivity index (χ4v) is 1.98. The second-order valence-corrected chi connectivity index (χ2v) is 4.69. The van der Waals surface area contributed by atoms with Crippen LogP contribution in [0, 0.1) is 5.41 Å². The molecule has 0 heterocycles. The number of rotatable bonds is 6. The summed E-state index contributed by atoms with van der Waals surface area (Å²) in [5.74, 6) is -1.27. The molecule has 6 nitrogen and oxygen atoms in total. The molecule has 1 aliphatic carbocycles. The van der Waals surface area contributed by atoms with E-state index in [4.69, 9.17) is 10.5 Å². The van der Waals surface area contributed by atoms with Gasteiger partial charge >= 0.3 is 11.9 Å². The number of aliphatic carboxylic acids is 1. The van der Waals surface area contributed by atoms with E-state index in [1.165, 1.54) is 7.11 Å². The van der Waals surface area contributed by atoms with Crippen molar-refractivity contribution in [3.05, 3.63) is 29.3 Å². The average molecular weight is 276 g/mol. The number of methoxy groups -OCH3 is 1. The number of hydrogen-bond donors (Lipinski definition) is 3. The Morgan fingerprint density at radius 2 is 2.15 bits per heavy atom.